The molecule has 1 N–H and O–H groups in total. The van der Waals surface area contributed by atoms with E-state index in [1.165, 1.54) is 0 Å². The lowest BCUT2D eigenvalue weighted by Gasteiger charge is -2.03. The number of aryl methyl sites for hydroxylation is 1. The standard InChI is InChI=1S/C9H11Cl2N3/c1-6-3-12-8(13-4-6)14-5-7-2-9(7,10)11/h3-4,7H,2,5H2,1H3,(H,12,13,14). The molecule has 1 atom stereocenters. The minimum absolute atomic E-state index is 0.315. The van der Waals surface area contributed by atoms with Crippen LogP contribution in [0.3, 0.4) is 0 Å². The van der Waals surface area contributed by atoms with Gasteiger partial charge in [0.15, 0.2) is 0 Å². The summed E-state index contributed by atoms with van der Waals surface area (Å²) in [4.78, 5) is 8.23. The Morgan fingerprint density at radius 2 is 2.07 bits per heavy atom. The minimum atomic E-state index is -0.530. The molecule has 0 bridgehead atoms. The molecule has 1 saturated carbocycles. The van der Waals surface area contributed by atoms with E-state index in [9.17, 15) is 0 Å². The molecule has 1 fully saturated rings. The van der Waals surface area contributed by atoms with E-state index < -0.39 is 4.33 Å². The van der Waals surface area contributed by atoms with Gasteiger partial charge >= 0.3 is 0 Å². The van der Waals surface area contributed by atoms with E-state index in [4.69, 9.17) is 23.2 Å². The fraction of sp³-hybridized carbons (Fsp3) is 0.556. The summed E-state index contributed by atoms with van der Waals surface area (Å²) < 4.78 is -0.530. The summed E-state index contributed by atoms with van der Waals surface area (Å²) in [6.45, 7) is 2.68. The van der Waals surface area contributed by atoms with Crippen LogP contribution in [-0.4, -0.2) is 20.8 Å². The number of rotatable bonds is 3. The molecule has 0 spiro atoms. The van der Waals surface area contributed by atoms with E-state index >= 15 is 0 Å². The average Bonchev–Trinajstić information content (AvgIpc) is 2.73. The van der Waals surface area contributed by atoms with E-state index in [-0.39, 0.29) is 0 Å². The molecule has 0 aromatic carbocycles. The zero-order valence-corrected chi connectivity index (χ0v) is 9.31. The molecule has 5 heteroatoms. The van der Waals surface area contributed by atoms with Gasteiger partial charge in [-0.3, -0.25) is 0 Å². The lowest BCUT2D eigenvalue weighted by Crippen LogP contribution is -2.09. The van der Waals surface area contributed by atoms with Crippen LogP contribution >= 0.6 is 23.2 Å². The molecule has 0 amide bonds. The Hall–Kier alpha value is -0.540. The summed E-state index contributed by atoms with van der Waals surface area (Å²) in [5.41, 5.74) is 1.05. The third-order valence-corrected chi connectivity index (χ3v) is 3.17. The first-order valence-corrected chi connectivity index (χ1v) is 5.24. The number of nitrogens with zero attached hydrogens (tertiary/aromatic N) is 2. The third-order valence-electron chi connectivity index (χ3n) is 2.24. The molecule has 0 aliphatic heterocycles. The van der Waals surface area contributed by atoms with Crippen molar-refractivity contribution < 1.29 is 0 Å². The number of aromatic nitrogens is 2. The van der Waals surface area contributed by atoms with Crippen molar-refractivity contribution >= 4 is 29.2 Å². The molecule has 1 aromatic rings. The van der Waals surface area contributed by atoms with Crippen molar-refractivity contribution in [3.05, 3.63) is 18.0 Å². The monoisotopic (exact) mass is 231 g/mol. The number of halogens is 2. The fourth-order valence-corrected chi connectivity index (χ4v) is 1.72. The lowest BCUT2D eigenvalue weighted by atomic mass is 10.4. The minimum Gasteiger partial charge on any atom is -0.354 e. The van der Waals surface area contributed by atoms with Gasteiger partial charge in [0.05, 0.1) is 0 Å². The van der Waals surface area contributed by atoms with Gasteiger partial charge in [0.1, 0.15) is 4.33 Å². The molecule has 0 radical (unpaired) electrons. The summed E-state index contributed by atoms with van der Waals surface area (Å²) >= 11 is 11.8. The van der Waals surface area contributed by atoms with Gasteiger partial charge in [-0.2, -0.15) is 0 Å². The lowest BCUT2D eigenvalue weighted by molar-refractivity contribution is 0.860. The molecule has 2 rings (SSSR count). The second kappa shape index (κ2) is 3.55. The van der Waals surface area contributed by atoms with Gasteiger partial charge in [0.2, 0.25) is 5.95 Å². The summed E-state index contributed by atoms with van der Waals surface area (Å²) in [6, 6.07) is 0. The predicted molar refractivity (Wildman–Crippen MR) is 57.8 cm³/mol. The molecule has 76 valence electrons. The summed E-state index contributed by atoms with van der Waals surface area (Å²) in [5, 5.41) is 3.10. The molecule has 0 saturated heterocycles. The first kappa shape index (κ1) is 9.99. The van der Waals surface area contributed by atoms with Gasteiger partial charge in [0, 0.05) is 24.9 Å². The Morgan fingerprint density at radius 1 is 1.50 bits per heavy atom. The van der Waals surface area contributed by atoms with Crippen LogP contribution in [-0.2, 0) is 0 Å². The second-order valence-electron chi connectivity index (χ2n) is 3.63. The maximum Gasteiger partial charge on any atom is 0.222 e. The molecule has 1 heterocycles. The van der Waals surface area contributed by atoms with Crippen LogP contribution in [0.1, 0.15) is 12.0 Å². The number of nitrogens with one attached hydrogen (secondary N) is 1. The molecule has 1 unspecified atom stereocenters. The number of hydrogen-bond donors (Lipinski definition) is 1. The van der Waals surface area contributed by atoms with Crippen LogP contribution in [0.4, 0.5) is 5.95 Å². The number of anilines is 1. The highest BCUT2D eigenvalue weighted by molar-refractivity contribution is 6.50. The fourth-order valence-electron chi connectivity index (χ4n) is 1.19. The summed E-state index contributed by atoms with van der Waals surface area (Å²) in [7, 11) is 0. The van der Waals surface area contributed by atoms with Crippen molar-refractivity contribution in [2.75, 3.05) is 11.9 Å². The second-order valence-corrected chi connectivity index (χ2v) is 5.17. The zero-order valence-electron chi connectivity index (χ0n) is 7.80. The predicted octanol–water partition coefficient (Wildman–Crippen LogP) is 2.39. The van der Waals surface area contributed by atoms with Crippen molar-refractivity contribution in [3.63, 3.8) is 0 Å². The molecule has 1 aliphatic carbocycles. The Bertz CT molecular complexity index is 323. The van der Waals surface area contributed by atoms with Gasteiger partial charge in [0.25, 0.3) is 0 Å². The van der Waals surface area contributed by atoms with Crippen LogP contribution in [0.25, 0.3) is 0 Å². The van der Waals surface area contributed by atoms with E-state index in [1.54, 1.807) is 12.4 Å². The Labute approximate surface area is 92.8 Å². The smallest absolute Gasteiger partial charge is 0.222 e. The van der Waals surface area contributed by atoms with Crippen molar-refractivity contribution in [3.8, 4) is 0 Å². The normalized spacial score (nSPS) is 23.2. The number of hydrogen-bond acceptors (Lipinski definition) is 3. The summed E-state index contributed by atoms with van der Waals surface area (Å²) in [6.07, 6.45) is 4.39. The van der Waals surface area contributed by atoms with Crippen LogP contribution < -0.4 is 5.32 Å². The van der Waals surface area contributed by atoms with Crippen LogP contribution in [0.5, 0.6) is 0 Å². The Morgan fingerprint density at radius 3 is 2.57 bits per heavy atom. The van der Waals surface area contributed by atoms with Crippen LogP contribution in [0.2, 0.25) is 0 Å². The molecular formula is C9H11Cl2N3. The van der Waals surface area contributed by atoms with Crippen molar-refractivity contribution in [1.82, 2.24) is 9.97 Å². The maximum absolute atomic E-state index is 5.88. The van der Waals surface area contributed by atoms with Gasteiger partial charge in [-0.05, 0) is 18.9 Å². The van der Waals surface area contributed by atoms with Gasteiger partial charge in [-0.25, -0.2) is 9.97 Å². The zero-order chi connectivity index (χ0) is 10.2. The van der Waals surface area contributed by atoms with Gasteiger partial charge in [-0.1, -0.05) is 0 Å². The van der Waals surface area contributed by atoms with Gasteiger partial charge in [-0.15, -0.1) is 23.2 Å². The number of alkyl halides is 2. The van der Waals surface area contributed by atoms with Crippen molar-refractivity contribution in [2.45, 2.75) is 17.7 Å². The molecule has 1 aliphatic rings. The van der Waals surface area contributed by atoms with E-state index in [0.717, 1.165) is 18.5 Å². The SMILES string of the molecule is Cc1cnc(NCC2CC2(Cl)Cl)nc1. The first-order valence-electron chi connectivity index (χ1n) is 4.48. The average molecular weight is 232 g/mol. The maximum atomic E-state index is 5.88. The topological polar surface area (TPSA) is 37.8 Å². The summed E-state index contributed by atoms with van der Waals surface area (Å²) in [5.74, 6) is 0.947. The van der Waals surface area contributed by atoms with E-state index in [2.05, 4.69) is 15.3 Å². The molecule has 1 aromatic heterocycles. The highest BCUT2D eigenvalue weighted by Crippen LogP contribution is 2.52. The van der Waals surface area contributed by atoms with Crippen molar-refractivity contribution in [2.24, 2.45) is 5.92 Å². The quantitative estimate of drug-likeness (QED) is 0.813. The molecular weight excluding hydrogens is 221 g/mol. The third kappa shape index (κ3) is 2.28. The van der Waals surface area contributed by atoms with E-state index in [0.29, 0.717) is 11.9 Å². The van der Waals surface area contributed by atoms with Crippen LogP contribution in [0, 0.1) is 12.8 Å². The van der Waals surface area contributed by atoms with Gasteiger partial charge < -0.3 is 5.32 Å². The van der Waals surface area contributed by atoms with E-state index in [1.807, 2.05) is 6.92 Å². The Balaban J connectivity index is 1.84. The molecule has 14 heavy (non-hydrogen) atoms. The van der Waals surface area contributed by atoms with Crippen molar-refractivity contribution in [1.29, 1.82) is 0 Å². The largest absolute Gasteiger partial charge is 0.354 e. The molecule has 3 nitrogen and oxygen atoms in total. The highest BCUT2D eigenvalue weighted by Gasteiger charge is 2.51. The Kier molecular flexibility index (Phi) is 2.54. The van der Waals surface area contributed by atoms with Crippen LogP contribution in [0.15, 0.2) is 12.4 Å². The highest BCUT2D eigenvalue weighted by atomic mass is 35.5. The first-order chi connectivity index (χ1) is 6.58.